The van der Waals surface area contributed by atoms with Gasteiger partial charge in [-0.15, -0.1) is 0 Å². The SMILES string of the molecule is CON(C)C(=O)c1ccc2c(S(=O)(=O)Nc3ccc(NC(=O)C(C)(C)CF)cc3)cccc2c1. The number of halogens is 1. The van der Waals surface area contributed by atoms with Crippen molar-refractivity contribution < 1.29 is 27.2 Å². The number of nitrogens with one attached hydrogen (secondary N) is 2. The molecule has 34 heavy (non-hydrogen) atoms. The molecule has 0 aromatic heterocycles. The lowest BCUT2D eigenvalue weighted by Crippen LogP contribution is -2.32. The first kappa shape index (κ1) is 25.1. The fraction of sp³-hybridized carbons (Fsp3) is 0.250. The Morgan fingerprint density at radius 3 is 2.29 bits per heavy atom. The van der Waals surface area contributed by atoms with Crippen LogP contribution in [0.15, 0.2) is 65.6 Å². The molecule has 0 fully saturated rings. The summed E-state index contributed by atoms with van der Waals surface area (Å²) in [6.45, 7) is 2.17. The third-order valence-corrected chi connectivity index (χ3v) is 6.72. The zero-order valence-electron chi connectivity index (χ0n) is 19.3. The van der Waals surface area contributed by atoms with Crippen molar-refractivity contribution in [3.63, 3.8) is 0 Å². The lowest BCUT2D eigenvalue weighted by Gasteiger charge is -2.19. The van der Waals surface area contributed by atoms with Crippen molar-refractivity contribution in [1.29, 1.82) is 0 Å². The lowest BCUT2D eigenvalue weighted by molar-refractivity contribution is -0.124. The minimum atomic E-state index is -3.96. The molecule has 10 heteroatoms. The van der Waals surface area contributed by atoms with Gasteiger partial charge in [-0.25, -0.2) is 17.9 Å². The smallest absolute Gasteiger partial charge is 0.277 e. The second kappa shape index (κ2) is 9.78. The summed E-state index contributed by atoms with van der Waals surface area (Å²) >= 11 is 0. The van der Waals surface area contributed by atoms with Crippen LogP contribution in [0.5, 0.6) is 0 Å². The van der Waals surface area contributed by atoms with E-state index < -0.39 is 28.0 Å². The maximum atomic E-state index is 13.1. The van der Waals surface area contributed by atoms with Crippen LogP contribution < -0.4 is 10.0 Å². The van der Waals surface area contributed by atoms with E-state index >= 15 is 0 Å². The molecule has 3 rings (SSSR count). The van der Waals surface area contributed by atoms with Crippen LogP contribution in [0.25, 0.3) is 10.8 Å². The van der Waals surface area contributed by atoms with Gasteiger partial charge in [-0.1, -0.05) is 18.2 Å². The third-order valence-electron chi connectivity index (χ3n) is 5.28. The molecule has 180 valence electrons. The van der Waals surface area contributed by atoms with Gasteiger partial charge >= 0.3 is 0 Å². The summed E-state index contributed by atoms with van der Waals surface area (Å²) in [5.74, 6) is -0.841. The van der Waals surface area contributed by atoms with Gasteiger partial charge < -0.3 is 5.32 Å². The number of amides is 2. The van der Waals surface area contributed by atoms with Gasteiger partial charge in [-0.2, -0.15) is 0 Å². The topological polar surface area (TPSA) is 105 Å². The lowest BCUT2D eigenvalue weighted by atomic mass is 9.94. The minimum absolute atomic E-state index is 0.0474. The van der Waals surface area contributed by atoms with Crippen LogP contribution in [0.3, 0.4) is 0 Å². The number of nitrogens with zero attached hydrogens (tertiary/aromatic N) is 1. The molecule has 3 aromatic rings. The zero-order chi connectivity index (χ0) is 25.1. The molecule has 2 amide bonds. The van der Waals surface area contributed by atoms with Crippen LogP contribution >= 0.6 is 0 Å². The molecule has 0 spiro atoms. The highest BCUT2D eigenvalue weighted by Crippen LogP contribution is 2.27. The number of rotatable bonds is 8. The number of hydroxylamine groups is 2. The van der Waals surface area contributed by atoms with E-state index in [2.05, 4.69) is 10.0 Å². The van der Waals surface area contributed by atoms with E-state index in [0.29, 0.717) is 22.0 Å². The normalized spacial score (nSPS) is 11.8. The number of fused-ring (bicyclic) bond motifs is 1. The van der Waals surface area contributed by atoms with Crippen LogP contribution in [-0.4, -0.2) is 46.1 Å². The van der Waals surface area contributed by atoms with Crippen LogP contribution in [0.4, 0.5) is 15.8 Å². The zero-order valence-corrected chi connectivity index (χ0v) is 20.1. The van der Waals surface area contributed by atoms with Gasteiger partial charge in [0, 0.05) is 29.4 Å². The highest BCUT2D eigenvalue weighted by molar-refractivity contribution is 7.93. The van der Waals surface area contributed by atoms with Crippen LogP contribution in [0, 0.1) is 5.41 Å². The number of benzene rings is 3. The summed E-state index contributed by atoms with van der Waals surface area (Å²) in [4.78, 5) is 29.4. The van der Waals surface area contributed by atoms with Crippen molar-refractivity contribution in [2.75, 3.05) is 30.9 Å². The number of alkyl halides is 1. The second-order valence-electron chi connectivity index (χ2n) is 8.33. The number of carbonyl (C=O) groups excluding carboxylic acids is 2. The monoisotopic (exact) mass is 487 g/mol. The molecule has 8 nitrogen and oxygen atoms in total. The van der Waals surface area contributed by atoms with E-state index in [0.717, 1.165) is 5.06 Å². The van der Waals surface area contributed by atoms with Crippen molar-refractivity contribution in [3.8, 4) is 0 Å². The van der Waals surface area contributed by atoms with E-state index in [-0.39, 0.29) is 16.5 Å². The Hall–Kier alpha value is -3.50. The Labute approximate surface area is 197 Å². The number of carbonyl (C=O) groups is 2. The van der Waals surface area contributed by atoms with Crippen molar-refractivity contribution in [3.05, 3.63) is 66.2 Å². The summed E-state index contributed by atoms with van der Waals surface area (Å²) < 4.78 is 41.7. The van der Waals surface area contributed by atoms with Crippen molar-refractivity contribution in [1.82, 2.24) is 5.06 Å². The van der Waals surface area contributed by atoms with Crippen LogP contribution in [-0.2, 0) is 19.7 Å². The summed E-state index contributed by atoms with van der Waals surface area (Å²) in [5.41, 5.74) is -0.114. The largest absolute Gasteiger partial charge is 0.326 e. The maximum absolute atomic E-state index is 13.1. The molecule has 0 heterocycles. The fourth-order valence-electron chi connectivity index (χ4n) is 3.08. The van der Waals surface area contributed by atoms with Gasteiger partial charge in [-0.05, 0) is 61.7 Å². The Balaban J connectivity index is 1.84. The Kier molecular flexibility index (Phi) is 7.23. The maximum Gasteiger partial charge on any atom is 0.277 e. The molecule has 0 aliphatic rings. The van der Waals surface area contributed by atoms with Crippen LogP contribution in [0.1, 0.15) is 24.2 Å². The van der Waals surface area contributed by atoms with E-state index in [9.17, 15) is 22.4 Å². The van der Waals surface area contributed by atoms with E-state index in [4.69, 9.17) is 4.84 Å². The molecule has 0 aliphatic carbocycles. The minimum Gasteiger partial charge on any atom is -0.326 e. The second-order valence-corrected chi connectivity index (χ2v) is 9.98. The van der Waals surface area contributed by atoms with Gasteiger partial charge in [0.25, 0.3) is 15.9 Å². The van der Waals surface area contributed by atoms with Crippen LogP contribution in [0.2, 0.25) is 0 Å². The van der Waals surface area contributed by atoms with Gasteiger partial charge in [0.05, 0.1) is 17.4 Å². The standard InChI is InChI=1S/C24H26FN3O5S/c1-24(2,15-25)23(30)26-18-9-11-19(12-10-18)27-34(31,32)21-7-5-6-16-14-17(8-13-20(16)21)22(29)28(3)33-4/h5-14,27H,15H2,1-4H3,(H,26,30). The van der Waals surface area contributed by atoms with E-state index in [1.165, 1.54) is 64.4 Å². The van der Waals surface area contributed by atoms with Gasteiger partial charge in [0.1, 0.15) is 6.67 Å². The first-order chi connectivity index (χ1) is 16.0. The van der Waals surface area contributed by atoms with Gasteiger partial charge in [0.15, 0.2) is 0 Å². The molecule has 0 atom stereocenters. The molecule has 0 aliphatic heterocycles. The molecule has 0 radical (unpaired) electrons. The van der Waals surface area contributed by atoms with Crippen molar-refractivity contribution in [2.45, 2.75) is 18.7 Å². The Morgan fingerprint density at radius 2 is 1.68 bits per heavy atom. The molecule has 0 saturated carbocycles. The average Bonchev–Trinajstić information content (AvgIpc) is 2.83. The quantitative estimate of drug-likeness (QED) is 0.463. The van der Waals surface area contributed by atoms with Crippen molar-refractivity contribution >= 4 is 44.0 Å². The van der Waals surface area contributed by atoms with Gasteiger partial charge in [0.2, 0.25) is 5.91 Å². The summed E-state index contributed by atoms with van der Waals surface area (Å²) in [5, 5.41) is 4.71. The predicted molar refractivity (Wildman–Crippen MR) is 129 cm³/mol. The summed E-state index contributed by atoms with van der Waals surface area (Å²) in [6.07, 6.45) is 0. The number of hydrogen-bond acceptors (Lipinski definition) is 5. The van der Waals surface area contributed by atoms with Gasteiger partial charge in [-0.3, -0.25) is 19.1 Å². The average molecular weight is 488 g/mol. The first-order valence-corrected chi connectivity index (χ1v) is 11.8. The Bertz CT molecular complexity index is 1320. The third kappa shape index (κ3) is 5.35. The highest BCUT2D eigenvalue weighted by Gasteiger charge is 2.27. The molecule has 3 aromatic carbocycles. The first-order valence-electron chi connectivity index (χ1n) is 10.3. The van der Waals surface area contributed by atoms with E-state index in [1.807, 2.05) is 0 Å². The predicted octanol–water partition coefficient (Wildman–Crippen LogP) is 4.21. The molecular weight excluding hydrogens is 461 g/mol. The van der Waals surface area contributed by atoms with Crippen molar-refractivity contribution in [2.24, 2.45) is 5.41 Å². The molecule has 2 N–H and O–H groups in total. The fourth-order valence-corrected chi connectivity index (χ4v) is 4.37. The number of sulfonamides is 1. The molecule has 0 unspecified atom stereocenters. The van der Waals surface area contributed by atoms with E-state index in [1.54, 1.807) is 24.3 Å². The Morgan fingerprint density at radius 1 is 1.03 bits per heavy atom. The molecular formula is C24H26FN3O5S. The summed E-state index contributed by atoms with van der Waals surface area (Å²) in [7, 11) is -1.11. The summed E-state index contributed by atoms with van der Waals surface area (Å²) in [6, 6.07) is 15.5. The molecule has 0 bridgehead atoms. The number of anilines is 2. The highest BCUT2D eigenvalue weighted by atomic mass is 32.2. The molecule has 0 saturated heterocycles. The number of hydrogen-bond donors (Lipinski definition) is 2.